The maximum absolute atomic E-state index is 6.03. The standard InChI is InChI=1S/C21H32O2/c1-3-7-19-14-23-21(15-22-19)18-12-10-17(11-13-18)20-9-6-5-8-16(20)4-2/h10-13,16,19-21H,3-9,14-15H2,1-2H3. The average molecular weight is 316 g/mol. The molecule has 2 heteroatoms. The molecular formula is C21H32O2. The number of ether oxygens (including phenoxy) is 2. The molecule has 0 bridgehead atoms. The molecule has 23 heavy (non-hydrogen) atoms. The lowest BCUT2D eigenvalue weighted by molar-refractivity contribution is -0.137. The van der Waals surface area contributed by atoms with Crippen LogP contribution in [0.3, 0.4) is 0 Å². The molecule has 0 spiro atoms. The second-order valence-electron chi connectivity index (χ2n) is 7.29. The van der Waals surface area contributed by atoms with Crippen molar-refractivity contribution >= 4 is 0 Å². The predicted molar refractivity (Wildman–Crippen MR) is 94.8 cm³/mol. The highest BCUT2D eigenvalue weighted by atomic mass is 16.6. The highest BCUT2D eigenvalue weighted by Crippen LogP contribution is 2.39. The van der Waals surface area contributed by atoms with Crippen LogP contribution in [-0.4, -0.2) is 19.3 Å². The highest BCUT2D eigenvalue weighted by Gasteiger charge is 2.26. The first-order chi connectivity index (χ1) is 11.3. The van der Waals surface area contributed by atoms with Crippen molar-refractivity contribution in [2.45, 2.75) is 76.9 Å². The van der Waals surface area contributed by atoms with Crippen LogP contribution in [0, 0.1) is 5.92 Å². The van der Waals surface area contributed by atoms with Crippen LogP contribution in [0.1, 0.15) is 81.9 Å². The van der Waals surface area contributed by atoms with Gasteiger partial charge in [-0.2, -0.15) is 0 Å². The minimum atomic E-state index is 0.116. The first-order valence-electron chi connectivity index (χ1n) is 9.64. The van der Waals surface area contributed by atoms with Gasteiger partial charge in [-0.3, -0.25) is 0 Å². The second-order valence-corrected chi connectivity index (χ2v) is 7.29. The van der Waals surface area contributed by atoms with Crippen LogP contribution in [-0.2, 0) is 9.47 Å². The Kier molecular flexibility index (Phi) is 6.13. The summed E-state index contributed by atoms with van der Waals surface area (Å²) in [6, 6.07) is 9.22. The van der Waals surface area contributed by atoms with Crippen molar-refractivity contribution in [3.05, 3.63) is 35.4 Å². The number of hydrogen-bond donors (Lipinski definition) is 0. The fraction of sp³-hybridized carbons (Fsp3) is 0.714. The van der Waals surface area contributed by atoms with Gasteiger partial charge in [-0.1, -0.05) is 63.8 Å². The van der Waals surface area contributed by atoms with Crippen LogP contribution in [0.25, 0.3) is 0 Å². The summed E-state index contributed by atoms with van der Waals surface area (Å²) in [6.45, 7) is 5.98. The van der Waals surface area contributed by atoms with E-state index in [-0.39, 0.29) is 6.10 Å². The van der Waals surface area contributed by atoms with Gasteiger partial charge in [0.15, 0.2) is 0 Å². The Morgan fingerprint density at radius 2 is 1.65 bits per heavy atom. The summed E-state index contributed by atoms with van der Waals surface area (Å²) in [5.74, 6) is 1.64. The summed E-state index contributed by atoms with van der Waals surface area (Å²) in [4.78, 5) is 0. The number of benzene rings is 1. The van der Waals surface area contributed by atoms with E-state index in [2.05, 4.69) is 38.1 Å². The van der Waals surface area contributed by atoms with Crippen molar-refractivity contribution in [1.82, 2.24) is 0 Å². The Balaban J connectivity index is 1.61. The minimum Gasteiger partial charge on any atom is -0.373 e. The molecule has 1 aromatic carbocycles. The van der Waals surface area contributed by atoms with Crippen molar-refractivity contribution in [2.75, 3.05) is 13.2 Å². The number of rotatable bonds is 5. The van der Waals surface area contributed by atoms with Crippen LogP contribution in [0.4, 0.5) is 0 Å². The quantitative estimate of drug-likeness (QED) is 0.701. The monoisotopic (exact) mass is 316 g/mol. The van der Waals surface area contributed by atoms with E-state index in [1.54, 1.807) is 0 Å². The normalized spacial score (nSPS) is 31.9. The molecule has 3 rings (SSSR count). The first-order valence-corrected chi connectivity index (χ1v) is 9.64. The molecule has 0 N–H and O–H groups in total. The van der Waals surface area contributed by atoms with E-state index in [0.29, 0.717) is 12.7 Å². The smallest absolute Gasteiger partial charge is 0.106 e. The van der Waals surface area contributed by atoms with E-state index in [4.69, 9.17) is 9.47 Å². The molecule has 0 radical (unpaired) electrons. The van der Waals surface area contributed by atoms with Gasteiger partial charge in [0.1, 0.15) is 6.10 Å². The molecule has 1 aliphatic carbocycles. The molecule has 128 valence electrons. The van der Waals surface area contributed by atoms with Crippen LogP contribution >= 0.6 is 0 Å². The lowest BCUT2D eigenvalue weighted by Gasteiger charge is -2.32. The van der Waals surface area contributed by atoms with Crippen LogP contribution in [0.15, 0.2) is 24.3 Å². The van der Waals surface area contributed by atoms with E-state index >= 15 is 0 Å². The molecule has 1 saturated heterocycles. The van der Waals surface area contributed by atoms with Gasteiger partial charge >= 0.3 is 0 Å². The summed E-state index contributed by atoms with van der Waals surface area (Å²) in [5.41, 5.74) is 2.80. The van der Waals surface area contributed by atoms with Crippen molar-refractivity contribution in [2.24, 2.45) is 5.92 Å². The Labute approximate surface area is 141 Å². The van der Waals surface area contributed by atoms with E-state index in [0.717, 1.165) is 31.3 Å². The van der Waals surface area contributed by atoms with Gasteiger partial charge < -0.3 is 9.47 Å². The van der Waals surface area contributed by atoms with Gasteiger partial charge in [0, 0.05) is 0 Å². The molecule has 1 heterocycles. The van der Waals surface area contributed by atoms with E-state index in [1.807, 2.05) is 0 Å². The topological polar surface area (TPSA) is 18.5 Å². The van der Waals surface area contributed by atoms with Crippen molar-refractivity contribution in [3.63, 3.8) is 0 Å². The van der Waals surface area contributed by atoms with Crippen LogP contribution in [0.5, 0.6) is 0 Å². The summed E-state index contributed by atoms with van der Waals surface area (Å²) in [5, 5.41) is 0. The van der Waals surface area contributed by atoms with Crippen LogP contribution in [0.2, 0.25) is 0 Å². The Morgan fingerprint density at radius 1 is 0.913 bits per heavy atom. The van der Waals surface area contributed by atoms with Gasteiger partial charge in [0.25, 0.3) is 0 Å². The molecule has 2 nitrogen and oxygen atoms in total. The van der Waals surface area contributed by atoms with E-state index < -0.39 is 0 Å². The van der Waals surface area contributed by atoms with Gasteiger partial charge in [0.05, 0.1) is 19.3 Å². The SMILES string of the molecule is CCCC1COC(c2ccc(C3CCCCC3CC)cc2)CO1. The van der Waals surface area contributed by atoms with Crippen molar-refractivity contribution in [1.29, 1.82) is 0 Å². The molecule has 2 aliphatic rings. The van der Waals surface area contributed by atoms with Crippen molar-refractivity contribution in [3.8, 4) is 0 Å². The average Bonchev–Trinajstić information content (AvgIpc) is 2.63. The largest absolute Gasteiger partial charge is 0.373 e. The first kappa shape index (κ1) is 17.0. The Bertz CT molecular complexity index is 459. The Morgan fingerprint density at radius 3 is 2.30 bits per heavy atom. The molecule has 1 saturated carbocycles. The fourth-order valence-electron chi connectivity index (χ4n) is 4.32. The minimum absolute atomic E-state index is 0.116. The predicted octanol–water partition coefficient (Wildman–Crippen LogP) is 5.63. The number of hydrogen-bond acceptors (Lipinski definition) is 2. The maximum Gasteiger partial charge on any atom is 0.106 e. The van der Waals surface area contributed by atoms with E-state index in [9.17, 15) is 0 Å². The molecule has 0 amide bonds. The zero-order chi connectivity index (χ0) is 16.1. The highest BCUT2D eigenvalue weighted by molar-refractivity contribution is 5.28. The third kappa shape index (κ3) is 4.16. The third-order valence-corrected chi connectivity index (χ3v) is 5.75. The maximum atomic E-state index is 6.03. The zero-order valence-electron chi connectivity index (χ0n) is 14.8. The fourth-order valence-corrected chi connectivity index (χ4v) is 4.32. The molecule has 1 aliphatic heterocycles. The van der Waals surface area contributed by atoms with Crippen molar-refractivity contribution < 1.29 is 9.47 Å². The van der Waals surface area contributed by atoms with E-state index in [1.165, 1.54) is 43.2 Å². The third-order valence-electron chi connectivity index (χ3n) is 5.75. The van der Waals surface area contributed by atoms with Gasteiger partial charge in [-0.15, -0.1) is 0 Å². The lowest BCUT2D eigenvalue weighted by Crippen LogP contribution is -2.30. The molecule has 4 atom stereocenters. The summed E-state index contributed by atoms with van der Waals surface area (Å²) in [6.07, 6.45) is 9.55. The molecule has 1 aromatic rings. The zero-order valence-corrected chi connectivity index (χ0v) is 14.8. The van der Waals surface area contributed by atoms with Gasteiger partial charge in [0.2, 0.25) is 0 Å². The molecule has 4 unspecified atom stereocenters. The summed E-state index contributed by atoms with van der Waals surface area (Å²) < 4.78 is 12.0. The molecule has 0 aromatic heterocycles. The lowest BCUT2D eigenvalue weighted by atomic mass is 9.74. The molecular weight excluding hydrogens is 284 g/mol. The summed E-state index contributed by atoms with van der Waals surface area (Å²) >= 11 is 0. The van der Waals surface area contributed by atoms with Gasteiger partial charge in [-0.25, -0.2) is 0 Å². The summed E-state index contributed by atoms with van der Waals surface area (Å²) in [7, 11) is 0. The van der Waals surface area contributed by atoms with Crippen LogP contribution < -0.4 is 0 Å². The van der Waals surface area contributed by atoms with Gasteiger partial charge in [-0.05, 0) is 42.2 Å². The Hall–Kier alpha value is -0.860. The second kappa shape index (κ2) is 8.30. The molecule has 2 fully saturated rings.